The Morgan fingerprint density at radius 3 is 2.42 bits per heavy atom. The van der Waals surface area contributed by atoms with Gasteiger partial charge in [-0.1, -0.05) is 41.6 Å². The lowest BCUT2D eigenvalue weighted by Gasteiger charge is -2.32. The van der Waals surface area contributed by atoms with Crippen LogP contribution in [-0.2, 0) is 23.8 Å². The molecule has 0 radical (unpaired) electrons. The molecule has 0 saturated carbocycles. The van der Waals surface area contributed by atoms with E-state index in [0.717, 1.165) is 25.1 Å². The molecule has 38 heavy (non-hydrogen) atoms. The monoisotopic (exact) mass is 565 g/mol. The van der Waals surface area contributed by atoms with E-state index in [1.165, 1.54) is 0 Å². The van der Waals surface area contributed by atoms with E-state index in [2.05, 4.69) is 15.0 Å². The fourth-order valence-electron chi connectivity index (χ4n) is 3.92. The summed E-state index contributed by atoms with van der Waals surface area (Å²) >= 11 is 7.44. The van der Waals surface area contributed by atoms with Crippen LogP contribution in [0.3, 0.4) is 0 Å². The fraction of sp³-hybridized carbons (Fsp3) is 0.360. The van der Waals surface area contributed by atoms with Crippen LogP contribution in [0.4, 0.5) is 4.39 Å². The molecular weight excluding hydrogens is 541 g/mol. The van der Waals surface area contributed by atoms with Crippen LogP contribution >= 0.6 is 23.4 Å². The summed E-state index contributed by atoms with van der Waals surface area (Å²) in [5.74, 6) is -4.74. The summed E-state index contributed by atoms with van der Waals surface area (Å²) in [5, 5.41) is 0.362. The minimum Gasteiger partial charge on any atom is -0.468 e. The molecule has 10 nitrogen and oxygen atoms in total. The molecule has 0 fully saturated rings. The van der Waals surface area contributed by atoms with Crippen molar-refractivity contribution in [2.24, 2.45) is 10.9 Å². The SMILES string of the molecule is CCOC(=O)C1=C(CSc2ncc(C(=O)OCC)c(=O)[nH]2)N=C(CF)C(C(=O)OC)C1c1ccccc1Cl. The van der Waals surface area contributed by atoms with Crippen molar-refractivity contribution in [1.29, 1.82) is 0 Å². The maximum atomic E-state index is 14.2. The van der Waals surface area contributed by atoms with Crippen molar-refractivity contribution < 1.29 is 33.0 Å². The van der Waals surface area contributed by atoms with E-state index in [4.69, 9.17) is 25.8 Å². The van der Waals surface area contributed by atoms with Crippen molar-refractivity contribution in [2.75, 3.05) is 32.8 Å². The molecule has 0 bridgehead atoms. The predicted octanol–water partition coefficient (Wildman–Crippen LogP) is 3.51. The predicted molar refractivity (Wildman–Crippen MR) is 138 cm³/mol. The van der Waals surface area contributed by atoms with Crippen molar-refractivity contribution in [3.63, 3.8) is 0 Å². The highest BCUT2D eigenvalue weighted by atomic mass is 35.5. The first-order valence-electron chi connectivity index (χ1n) is 11.5. The molecule has 0 saturated heterocycles. The lowest BCUT2D eigenvalue weighted by Crippen LogP contribution is -2.38. The summed E-state index contributed by atoms with van der Waals surface area (Å²) < 4.78 is 29.3. The van der Waals surface area contributed by atoms with Crippen molar-refractivity contribution in [3.05, 3.63) is 68.2 Å². The van der Waals surface area contributed by atoms with Gasteiger partial charge in [0, 0.05) is 22.9 Å². The third kappa shape index (κ3) is 6.30. The van der Waals surface area contributed by atoms with Gasteiger partial charge in [-0.25, -0.2) is 19.0 Å². The first-order chi connectivity index (χ1) is 18.3. The van der Waals surface area contributed by atoms with E-state index in [1.807, 2.05) is 0 Å². The fourth-order valence-corrected chi connectivity index (χ4v) is 4.96. The number of benzene rings is 1. The smallest absolute Gasteiger partial charge is 0.345 e. The summed E-state index contributed by atoms with van der Waals surface area (Å²) in [6.45, 7) is 2.26. The largest absolute Gasteiger partial charge is 0.468 e. The van der Waals surface area contributed by atoms with Gasteiger partial charge < -0.3 is 19.2 Å². The van der Waals surface area contributed by atoms with Gasteiger partial charge in [-0.05, 0) is 25.5 Å². The number of carbonyl (C=O) groups is 3. The maximum absolute atomic E-state index is 14.2. The van der Waals surface area contributed by atoms with E-state index in [0.29, 0.717) is 5.56 Å². The zero-order valence-corrected chi connectivity index (χ0v) is 22.4. The molecule has 0 amide bonds. The number of hydrogen-bond donors (Lipinski definition) is 1. The van der Waals surface area contributed by atoms with Gasteiger partial charge in [-0.3, -0.25) is 14.6 Å². The van der Waals surface area contributed by atoms with Crippen LogP contribution in [0, 0.1) is 5.92 Å². The normalized spacial score (nSPS) is 17.0. The molecule has 0 aliphatic carbocycles. The van der Waals surface area contributed by atoms with Gasteiger partial charge in [0.25, 0.3) is 5.56 Å². The second-order valence-electron chi connectivity index (χ2n) is 7.76. The Morgan fingerprint density at radius 1 is 1.13 bits per heavy atom. The van der Waals surface area contributed by atoms with Crippen LogP contribution in [0.15, 0.2) is 56.7 Å². The lowest BCUT2D eigenvalue weighted by molar-refractivity contribution is -0.144. The molecule has 1 aromatic heterocycles. The Bertz CT molecular complexity index is 1340. The third-order valence-electron chi connectivity index (χ3n) is 5.54. The van der Waals surface area contributed by atoms with Crippen LogP contribution in [0.1, 0.15) is 35.7 Å². The number of alkyl halides is 1. The Morgan fingerprint density at radius 2 is 1.82 bits per heavy atom. The van der Waals surface area contributed by atoms with E-state index >= 15 is 0 Å². The van der Waals surface area contributed by atoms with Gasteiger partial charge in [0.2, 0.25) is 0 Å². The number of methoxy groups -OCH3 is 1. The minimum absolute atomic E-state index is 0.00513. The number of thioether (sulfide) groups is 1. The van der Waals surface area contributed by atoms with Gasteiger partial charge in [0.15, 0.2) is 5.16 Å². The standard InChI is InChI=1S/C25H25ClFN3O7S/c1-4-36-22(32)14-11-28-25(30-21(14)31)38-12-17-20(24(34)37-5-2)18(13-8-6-7-9-15(13)26)19(23(33)35-3)16(10-27)29-17/h6-9,11,18-19H,4-5,10,12H2,1-3H3,(H,28,30,31). The minimum atomic E-state index is -1.26. The number of esters is 3. The first kappa shape index (κ1) is 29.1. The molecule has 202 valence electrons. The van der Waals surface area contributed by atoms with Gasteiger partial charge in [-0.15, -0.1) is 0 Å². The molecule has 0 spiro atoms. The first-order valence-corrected chi connectivity index (χ1v) is 12.9. The average molecular weight is 566 g/mol. The molecule has 2 heterocycles. The highest BCUT2D eigenvalue weighted by Gasteiger charge is 2.45. The highest BCUT2D eigenvalue weighted by Crippen LogP contribution is 2.43. The third-order valence-corrected chi connectivity index (χ3v) is 6.78. The van der Waals surface area contributed by atoms with E-state index < -0.39 is 42.0 Å². The molecule has 3 rings (SSSR count). The second kappa shape index (κ2) is 13.3. The molecule has 1 aliphatic rings. The summed E-state index contributed by atoms with van der Waals surface area (Å²) in [5.41, 5.74) is -0.616. The van der Waals surface area contributed by atoms with Gasteiger partial charge >= 0.3 is 17.9 Å². The zero-order valence-electron chi connectivity index (χ0n) is 20.8. The van der Waals surface area contributed by atoms with E-state index in [1.54, 1.807) is 38.1 Å². The number of aliphatic imine (C=N–C) groups is 1. The summed E-state index contributed by atoms with van der Waals surface area (Å²) in [6, 6.07) is 6.57. The number of carbonyl (C=O) groups excluding carboxylic acids is 3. The number of ether oxygens (including phenoxy) is 3. The quantitative estimate of drug-likeness (QED) is 0.198. The number of nitrogens with one attached hydrogen (secondary N) is 1. The zero-order chi connectivity index (χ0) is 27.8. The maximum Gasteiger partial charge on any atom is 0.345 e. The van der Waals surface area contributed by atoms with E-state index in [9.17, 15) is 23.6 Å². The number of hydrogen-bond acceptors (Lipinski definition) is 10. The molecule has 2 unspecified atom stereocenters. The van der Waals surface area contributed by atoms with Gasteiger partial charge in [-0.2, -0.15) is 0 Å². The number of aromatic amines is 1. The summed E-state index contributed by atoms with van der Waals surface area (Å²) in [7, 11) is 1.16. The molecule has 1 aromatic carbocycles. The average Bonchev–Trinajstić information content (AvgIpc) is 2.91. The number of aromatic nitrogens is 2. The molecule has 2 aromatic rings. The highest BCUT2D eigenvalue weighted by molar-refractivity contribution is 7.99. The van der Waals surface area contributed by atoms with Crippen LogP contribution in [0.5, 0.6) is 0 Å². The molecule has 1 aliphatic heterocycles. The van der Waals surface area contributed by atoms with Crippen molar-refractivity contribution in [1.82, 2.24) is 9.97 Å². The molecule has 2 atom stereocenters. The number of H-pyrrole nitrogens is 1. The molecule has 1 N–H and O–H groups in total. The lowest BCUT2D eigenvalue weighted by atomic mass is 9.75. The van der Waals surface area contributed by atoms with Gasteiger partial charge in [0.1, 0.15) is 18.2 Å². The number of halogens is 2. The molecule has 13 heteroatoms. The van der Waals surface area contributed by atoms with Crippen LogP contribution in [-0.4, -0.2) is 66.3 Å². The topological polar surface area (TPSA) is 137 Å². The van der Waals surface area contributed by atoms with E-state index in [-0.39, 0.29) is 51.7 Å². The van der Waals surface area contributed by atoms with Crippen LogP contribution in [0.2, 0.25) is 5.02 Å². The van der Waals surface area contributed by atoms with Crippen LogP contribution in [0.25, 0.3) is 0 Å². The van der Waals surface area contributed by atoms with Crippen molar-refractivity contribution in [3.8, 4) is 0 Å². The Hall–Kier alpha value is -3.51. The molecular formula is C25H25ClFN3O7S. The Kier molecular flexibility index (Phi) is 10.2. The second-order valence-corrected chi connectivity index (χ2v) is 9.13. The van der Waals surface area contributed by atoms with Crippen molar-refractivity contribution in [2.45, 2.75) is 24.9 Å². The Labute approximate surface area is 226 Å². The van der Waals surface area contributed by atoms with Crippen molar-refractivity contribution >= 4 is 47.0 Å². The summed E-state index contributed by atoms with van der Waals surface area (Å²) in [6.07, 6.45) is 1.08. The summed E-state index contributed by atoms with van der Waals surface area (Å²) in [4.78, 5) is 61.2. The number of nitrogens with zero attached hydrogens (tertiary/aromatic N) is 2. The van der Waals surface area contributed by atoms with Crippen LogP contribution < -0.4 is 5.56 Å². The van der Waals surface area contributed by atoms with Gasteiger partial charge in [0.05, 0.1) is 37.3 Å². The Balaban J connectivity index is 2.11. The number of rotatable bonds is 10.